The number of anilines is 1. The van der Waals surface area contributed by atoms with Crippen LogP contribution in [0.15, 0.2) is 40.4 Å². The smallest absolute Gasteiger partial charge is 0.347 e. The monoisotopic (exact) mass is 518 g/mol. The van der Waals surface area contributed by atoms with Crippen molar-refractivity contribution in [3.63, 3.8) is 0 Å². The number of benzene rings is 2. The number of carbonyl (C=O) groups is 2. The van der Waals surface area contributed by atoms with Gasteiger partial charge in [-0.05, 0) is 53.9 Å². The summed E-state index contributed by atoms with van der Waals surface area (Å²) in [6.45, 7) is 1.03. The van der Waals surface area contributed by atoms with E-state index in [1.165, 1.54) is 4.31 Å². The van der Waals surface area contributed by atoms with Crippen LogP contribution in [0.1, 0.15) is 23.1 Å². The molecule has 1 atom stereocenters. The molecular weight excluding hydrogens is 488 g/mol. The minimum absolute atomic E-state index is 0.0372. The van der Waals surface area contributed by atoms with Gasteiger partial charge in [-0.25, -0.2) is 9.10 Å². The van der Waals surface area contributed by atoms with Crippen molar-refractivity contribution in [3.05, 3.63) is 47.0 Å². The molecule has 0 fully saturated rings. The molecule has 0 aromatic heterocycles. The Labute approximate surface area is 210 Å². The van der Waals surface area contributed by atoms with Gasteiger partial charge >= 0.3 is 5.97 Å². The van der Waals surface area contributed by atoms with Crippen LogP contribution in [0.25, 0.3) is 11.1 Å². The lowest BCUT2D eigenvalue weighted by atomic mass is 9.87. The Morgan fingerprint density at radius 2 is 1.92 bits per heavy atom. The van der Waals surface area contributed by atoms with E-state index in [-0.39, 0.29) is 12.1 Å². The number of hydrogen-bond acceptors (Lipinski definition) is 9. The Morgan fingerprint density at radius 3 is 2.53 bits per heavy atom. The molecule has 5 N–H and O–H groups in total. The predicted molar refractivity (Wildman–Crippen MR) is 136 cm³/mol. The number of aliphatic hydroxyl groups excluding tert-OH is 1. The molecule has 194 valence electrons. The van der Waals surface area contributed by atoms with Gasteiger partial charge in [-0.3, -0.25) is 13.9 Å². The number of carboxylic acid groups (broad SMARTS) is 1. The third-order valence-corrected chi connectivity index (χ3v) is 8.28. The largest absolute Gasteiger partial charge is 0.478 e. The van der Waals surface area contributed by atoms with E-state index in [1.807, 2.05) is 25.2 Å². The second kappa shape index (κ2) is 10.2. The highest BCUT2D eigenvalue weighted by Crippen LogP contribution is 2.50. The van der Waals surface area contributed by atoms with Crippen LogP contribution in [0.2, 0.25) is 0 Å². The fourth-order valence-corrected chi connectivity index (χ4v) is 5.27. The molecule has 2 aromatic rings. The van der Waals surface area contributed by atoms with E-state index in [1.54, 1.807) is 26.2 Å². The zero-order valence-electron chi connectivity index (χ0n) is 20.3. The Bertz CT molecular complexity index is 1210. The molecule has 0 saturated carbocycles. The molecule has 0 saturated heterocycles. The number of fused-ring (bicyclic) bond motifs is 3. The van der Waals surface area contributed by atoms with Gasteiger partial charge in [-0.2, -0.15) is 0 Å². The van der Waals surface area contributed by atoms with Crippen LogP contribution in [-0.2, 0) is 27.4 Å². The number of rotatable bonds is 8. The summed E-state index contributed by atoms with van der Waals surface area (Å²) in [6, 6.07) is 8.81. The van der Waals surface area contributed by atoms with E-state index in [2.05, 4.69) is 15.4 Å². The first-order chi connectivity index (χ1) is 17.0. The van der Waals surface area contributed by atoms with Gasteiger partial charge in [-0.15, -0.1) is 10.8 Å². The average molecular weight is 519 g/mol. The summed E-state index contributed by atoms with van der Waals surface area (Å²) < 4.78 is 22.3. The number of nitrogens with zero attached hydrogens (tertiary/aromatic N) is 3. The van der Waals surface area contributed by atoms with Crippen molar-refractivity contribution in [1.82, 2.24) is 9.21 Å². The minimum atomic E-state index is -3.08. The van der Waals surface area contributed by atoms with Crippen LogP contribution in [-0.4, -0.2) is 86.5 Å². The lowest BCUT2D eigenvalue weighted by molar-refractivity contribution is -0.151. The van der Waals surface area contributed by atoms with Crippen LogP contribution in [0.5, 0.6) is 0 Å². The van der Waals surface area contributed by atoms with Crippen molar-refractivity contribution in [2.24, 2.45) is 5.16 Å². The van der Waals surface area contributed by atoms with Gasteiger partial charge in [-0.1, -0.05) is 17.3 Å². The molecule has 0 radical (unpaired) electrons. The molecule has 0 spiro atoms. The quantitative estimate of drug-likeness (QED) is 0.331. The van der Waals surface area contributed by atoms with Gasteiger partial charge in [0.1, 0.15) is 0 Å². The molecule has 2 aliphatic rings. The lowest BCUT2D eigenvalue weighted by Gasteiger charge is -2.38. The van der Waals surface area contributed by atoms with Gasteiger partial charge in [0.05, 0.1) is 10.6 Å². The highest BCUT2D eigenvalue weighted by molar-refractivity contribution is 8.22. The van der Waals surface area contributed by atoms with Crippen LogP contribution in [0.4, 0.5) is 5.69 Å². The summed E-state index contributed by atoms with van der Waals surface area (Å²) in [5.41, 5.74) is 4.81. The third-order valence-electron chi connectivity index (χ3n) is 6.36. The SMILES string of the molecule is CN1CCc2c(-c3ccc(S(O)(O)N(C)C)cc3)cc3c(c2C1)NC(=O)/C3=N/OC(CCO)C(=O)O. The number of carbonyl (C=O) groups excluding carboxylic acids is 1. The molecule has 0 aliphatic carbocycles. The van der Waals surface area contributed by atoms with Crippen molar-refractivity contribution in [3.8, 4) is 11.1 Å². The zero-order valence-corrected chi connectivity index (χ0v) is 21.1. The fraction of sp³-hybridized carbons (Fsp3) is 0.375. The van der Waals surface area contributed by atoms with E-state index >= 15 is 0 Å². The molecular formula is C24H30N4O7S. The summed E-state index contributed by atoms with van der Waals surface area (Å²) in [7, 11) is 2.10. The first-order valence-electron chi connectivity index (χ1n) is 11.4. The van der Waals surface area contributed by atoms with Gasteiger partial charge in [0, 0.05) is 45.8 Å². The van der Waals surface area contributed by atoms with Gasteiger partial charge in [0.15, 0.2) is 5.71 Å². The summed E-state index contributed by atoms with van der Waals surface area (Å²) in [5, 5.41) is 25.1. The van der Waals surface area contributed by atoms with Crippen molar-refractivity contribution in [2.45, 2.75) is 30.4 Å². The van der Waals surface area contributed by atoms with Crippen molar-refractivity contribution >= 4 is 34.1 Å². The maximum atomic E-state index is 12.8. The maximum Gasteiger partial charge on any atom is 0.347 e. The van der Waals surface area contributed by atoms with E-state index in [4.69, 9.17) is 9.94 Å². The second-order valence-corrected chi connectivity index (χ2v) is 11.2. The van der Waals surface area contributed by atoms with Crippen LogP contribution < -0.4 is 5.32 Å². The molecule has 1 amide bonds. The predicted octanol–water partition coefficient (Wildman–Crippen LogP) is 2.44. The number of nitrogens with one attached hydrogen (secondary N) is 1. The van der Waals surface area contributed by atoms with E-state index in [0.717, 1.165) is 35.2 Å². The number of amides is 1. The molecule has 2 aliphatic heterocycles. The zero-order chi connectivity index (χ0) is 26.2. The summed E-state index contributed by atoms with van der Waals surface area (Å²) in [6.07, 6.45) is -0.801. The lowest BCUT2D eigenvalue weighted by Crippen LogP contribution is -2.27. The van der Waals surface area contributed by atoms with Crippen LogP contribution in [0, 0.1) is 0 Å². The highest BCUT2D eigenvalue weighted by Gasteiger charge is 2.34. The van der Waals surface area contributed by atoms with Gasteiger partial charge in [0.2, 0.25) is 6.10 Å². The molecule has 2 aromatic carbocycles. The van der Waals surface area contributed by atoms with Crippen molar-refractivity contribution < 1.29 is 33.7 Å². The fourth-order valence-electron chi connectivity index (χ4n) is 4.35. The third kappa shape index (κ3) is 4.83. The number of carboxylic acids is 1. The standard InChI is InChI=1S/C24H30N4O7S/c1-27(2)36(33,34)15-6-4-14(5-7-15)17-12-18-21(19-13-28(3)10-8-16(17)19)25-23(30)22(18)26-35-20(9-11-29)24(31)32/h4-7,12,20,29,33-34H,8-11,13H2,1-3H3,(H,31,32)(H,25,26,30). The molecule has 36 heavy (non-hydrogen) atoms. The number of oxime groups is 1. The van der Waals surface area contributed by atoms with Crippen molar-refractivity contribution in [1.29, 1.82) is 0 Å². The second-order valence-electron chi connectivity index (χ2n) is 8.99. The molecule has 4 rings (SSSR count). The average Bonchev–Trinajstić information content (AvgIpc) is 3.16. The number of aliphatic carboxylic acids is 1. The first-order valence-corrected chi connectivity index (χ1v) is 12.9. The van der Waals surface area contributed by atoms with Crippen LogP contribution in [0.3, 0.4) is 0 Å². The van der Waals surface area contributed by atoms with Crippen molar-refractivity contribution in [2.75, 3.05) is 39.6 Å². The Balaban J connectivity index is 1.80. The Kier molecular flexibility index (Phi) is 7.36. The Hall–Kier alpha value is -3.00. The molecule has 12 heteroatoms. The maximum absolute atomic E-state index is 12.8. The summed E-state index contributed by atoms with van der Waals surface area (Å²) in [4.78, 5) is 31.9. The van der Waals surface area contributed by atoms with Crippen LogP contribution >= 0.6 is 10.8 Å². The molecule has 11 nitrogen and oxygen atoms in total. The van der Waals surface area contributed by atoms with Gasteiger partial charge < -0.3 is 25.3 Å². The Morgan fingerprint density at radius 1 is 1.22 bits per heavy atom. The minimum Gasteiger partial charge on any atom is -0.478 e. The molecule has 2 heterocycles. The molecule has 0 bridgehead atoms. The van der Waals surface area contributed by atoms with E-state index in [0.29, 0.717) is 22.7 Å². The number of hydrogen-bond donors (Lipinski definition) is 5. The van der Waals surface area contributed by atoms with Gasteiger partial charge in [0.25, 0.3) is 5.91 Å². The summed E-state index contributed by atoms with van der Waals surface area (Å²) in [5.74, 6) is -1.79. The number of aliphatic hydroxyl groups is 1. The highest BCUT2D eigenvalue weighted by atomic mass is 32.3. The van der Waals surface area contributed by atoms with E-state index in [9.17, 15) is 23.8 Å². The first kappa shape index (κ1) is 26.1. The topological polar surface area (TPSA) is 155 Å². The normalized spacial score (nSPS) is 18.1. The summed E-state index contributed by atoms with van der Waals surface area (Å²) >= 11 is 0. The number of likely N-dealkylation sites (N-methyl/N-ethyl adjacent to an activating group) is 1. The molecule has 1 unspecified atom stereocenters. The van der Waals surface area contributed by atoms with E-state index < -0.39 is 35.4 Å².